The summed E-state index contributed by atoms with van der Waals surface area (Å²) in [6.07, 6.45) is 4.34. The number of aryl methyl sites for hydroxylation is 1. The molecule has 8 nitrogen and oxygen atoms in total. The van der Waals surface area contributed by atoms with E-state index in [9.17, 15) is 13.2 Å². The van der Waals surface area contributed by atoms with Crippen molar-refractivity contribution >= 4 is 27.0 Å². The minimum absolute atomic E-state index is 0.138. The normalized spacial score (nSPS) is 18.8. The fraction of sp³-hybridized carbons (Fsp3) is 0.588. The molecular weight excluding hydrogens is 354 g/mol. The van der Waals surface area contributed by atoms with E-state index in [1.54, 1.807) is 22.9 Å². The van der Waals surface area contributed by atoms with E-state index in [0.717, 1.165) is 44.3 Å². The lowest BCUT2D eigenvalue weighted by Gasteiger charge is -2.15. The molecule has 0 spiro atoms. The van der Waals surface area contributed by atoms with Crippen LogP contribution in [0, 0.1) is 0 Å². The number of rotatable bonds is 5. The molecule has 1 amide bonds. The first-order chi connectivity index (χ1) is 12.6. The average molecular weight is 377 g/mol. The highest BCUT2D eigenvalue weighted by Crippen LogP contribution is 2.23. The molecule has 26 heavy (non-hydrogen) atoms. The Morgan fingerprint density at radius 3 is 2.46 bits per heavy atom. The molecule has 140 valence electrons. The third-order valence-electron chi connectivity index (χ3n) is 5.18. The zero-order valence-corrected chi connectivity index (χ0v) is 15.5. The first kappa shape index (κ1) is 17.4. The number of carbonyl (C=O) groups is 1. The van der Waals surface area contributed by atoms with Crippen molar-refractivity contribution in [1.29, 1.82) is 0 Å². The molecule has 9 heteroatoms. The Bertz CT molecular complexity index is 912. The Hall–Kier alpha value is -2.00. The maximum atomic E-state index is 12.7. The highest BCUT2D eigenvalue weighted by Gasteiger charge is 2.27. The smallest absolute Gasteiger partial charge is 0.243 e. The van der Waals surface area contributed by atoms with Crippen molar-refractivity contribution < 1.29 is 13.2 Å². The van der Waals surface area contributed by atoms with Gasteiger partial charge in [-0.2, -0.15) is 4.31 Å². The summed E-state index contributed by atoms with van der Waals surface area (Å²) >= 11 is 0. The number of hydrogen-bond donors (Lipinski definition) is 0. The summed E-state index contributed by atoms with van der Waals surface area (Å²) in [4.78, 5) is 14.3. The van der Waals surface area contributed by atoms with Crippen molar-refractivity contribution in [3.8, 4) is 0 Å². The second kappa shape index (κ2) is 6.96. The lowest BCUT2D eigenvalue weighted by molar-refractivity contribution is -0.130. The topological polar surface area (TPSA) is 88.4 Å². The Labute approximate surface area is 152 Å². The number of carbonyl (C=O) groups excluding carboxylic acids is 1. The molecule has 2 saturated heterocycles. The maximum absolute atomic E-state index is 12.7. The quantitative estimate of drug-likeness (QED) is 0.782. The first-order valence-electron chi connectivity index (χ1n) is 9.17. The largest absolute Gasteiger partial charge is 0.343 e. The second-order valence-electron chi connectivity index (χ2n) is 6.91. The van der Waals surface area contributed by atoms with Crippen LogP contribution >= 0.6 is 0 Å². The molecule has 2 fully saturated rings. The van der Waals surface area contributed by atoms with Crippen molar-refractivity contribution in [2.24, 2.45) is 0 Å². The summed E-state index contributed by atoms with van der Waals surface area (Å²) in [5.74, 6) is 0.138. The third-order valence-corrected chi connectivity index (χ3v) is 7.08. The number of likely N-dealkylation sites (tertiary alicyclic amines) is 1. The van der Waals surface area contributed by atoms with E-state index in [4.69, 9.17) is 0 Å². The molecule has 0 saturated carbocycles. The Balaban J connectivity index is 1.51. The second-order valence-corrected chi connectivity index (χ2v) is 8.85. The van der Waals surface area contributed by atoms with E-state index >= 15 is 0 Å². The van der Waals surface area contributed by atoms with Crippen molar-refractivity contribution in [2.75, 3.05) is 26.2 Å². The predicted molar refractivity (Wildman–Crippen MR) is 96.0 cm³/mol. The van der Waals surface area contributed by atoms with Crippen LogP contribution in [0.4, 0.5) is 0 Å². The third kappa shape index (κ3) is 3.21. The van der Waals surface area contributed by atoms with Crippen LogP contribution in [0.5, 0.6) is 0 Å². The molecule has 3 heterocycles. The van der Waals surface area contributed by atoms with Crippen LogP contribution in [0.2, 0.25) is 0 Å². The van der Waals surface area contributed by atoms with Gasteiger partial charge in [0.05, 0.1) is 17.0 Å². The van der Waals surface area contributed by atoms with Gasteiger partial charge >= 0.3 is 0 Å². The van der Waals surface area contributed by atoms with Crippen LogP contribution in [-0.2, 0) is 21.4 Å². The zero-order valence-electron chi connectivity index (χ0n) is 14.7. The summed E-state index contributed by atoms with van der Waals surface area (Å²) in [5.41, 5.74) is 1.29. The van der Waals surface area contributed by atoms with Gasteiger partial charge in [-0.05, 0) is 43.9 Å². The minimum atomic E-state index is -3.46. The van der Waals surface area contributed by atoms with Gasteiger partial charge in [0.15, 0.2) is 0 Å². The number of fused-ring (bicyclic) bond motifs is 1. The maximum Gasteiger partial charge on any atom is 0.243 e. The zero-order chi connectivity index (χ0) is 18.1. The average Bonchev–Trinajstić information content (AvgIpc) is 3.41. The molecule has 2 aliphatic rings. The molecule has 0 radical (unpaired) electrons. The van der Waals surface area contributed by atoms with E-state index in [0.29, 0.717) is 31.6 Å². The lowest BCUT2D eigenvalue weighted by Crippen LogP contribution is -2.28. The van der Waals surface area contributed by atoms with E-state index < -0.39 is 10.0 Å². The van der Waals surface area contributed by atoms with Gasteiger partial charge in [-0.3, -0.25) is 4.79 Å². The number of sulfonamides is 1. The molecule has 0 N–H and O–H groups in total. The van der Waals surface area contributed by atoms with E-state index in [-0.39, 0.29) is 10.8 Å². The fourth-order valence-electron chi connectivity index (χ4n) is 3.68. The lowest BCUT2D eigenvalue weighted by atomic mass is 10.3. The molecular formula is C17H23N5O3S. The van der Waals surface area contributed by atoms with Crippen LogP contribution in [0.3, 0.4) is 0 Å². The Morgan fingerprint density at radius 2 is 1.73 bits per heavy atom. The molecule has 0 bridgehead atoms. The van der Waals surface area contributed by atoms with Gasteiger partial charge < -0.3 is 4.90 Å². The van der Waals surface area contributed by atoms with Gasteiger partial charge in [-0.1, -0.05) is 5.21 Å². The molecule has 2 aliphatic heterocycles. The highest BCUT2D eigenvalue weighted by molar-refractivity contribution is 7.89. The Morgan fingerprint density at radius 1 is 1.04 bits per heavy atom. The fourth-order valence-corrected chi connectivity index (χ4v) is 5.22. The van der Waals surface area contributed by atoms with Crippen LogP contribution in [0.25, 0.3) is 11.0 Å². The van der Waals surface area contributed by atoms with E-state index in [1.165, 1.54) is 4.31 Å². The number of amides is 1. The summed E-state index contributed by atoms with van der Waals surface area (Å²) < 4.78 is 28.5. The van der Waals surface area contributed by atoms with Gasteiger partial charge in [-0.15, -0.1) is 5.10 Å². The highest BCUT2D eigenvalue weighted by atomic mass is 32.2. The van der Waals surface area contributed by atoms with Crippen molar-refractivity contribution in [2.45, 2.75) is 43.5 Å². The number of hydrogen-bond acceptors (Lipinski definition) is 5. The molecule has 4 rings (SSSR count). The van der Waals surface area contributed by atoms with Crippen LogP contribution < -0.4 is 0 Å². The number of nitrogens with zero attached hydrogens (tertiary/aromatic N) is 5. The van der Waals surface area contributed by atoms with Gasteiger partial charge in [0.1, 0.15) is 5.52 Å². The minimum Gasteiger partial charge on any atom is -0.343 e. The standard InChI is InChI=1S/C17H23N5O3S/c23-17(20-8-1-2-9-20)7-12-22-16-6-5-14(13-15(16)18-19-22)26(24,25)21-10-3-4-11-21/h5-6,13H,1-4,7-12H2. The van der Waals surface area contributed by atoms with Gasteiger partial charge in [0.25, 0.3) is 0 Å². The first-order valence-corrected chi connectivity index (χ1v) is 10.6. The summed E-state index contributed by atoms with van der Waals surface area (Å²) in [7, 11) is -3.46. The van der Waals surface area contributed by atoms with Crippen molar-refractivity contribution in [1.82, 2.24) is 24.2 Å². The molecule has 2 aromatic rings. The summed E-state index contributed by atoms with van der Waals surface area (Å²) in [6, 6.07) is 4.92. The van der Waals surface area contributed by atoms with Crippen molar-refractivity contribution in [3.05, 3.63) is 18.2 Å². The number of benzene rings is 1. The predicted octanol–water partition coefficient (Wildman–Crippen LogP) is 1.23. The molecule has 0 atom stereocenters. The van der Waals surface area contributed by atoms with Gasteiger partial charge in [0, 0.05) is 32.6 Å². The number of aromatic nitrogens is 3. The molecule has 0 unspecified atom stereocenters. The monoisotopic (exact) mass is 377 g/mol. The molecule has 1 aromatic carbocycles. The van der Waals surface area contributed by atoms with Crippen molar-refractivity contribution in [3.63, 3.8) is 0 Å². The van der Waals surface area contributed by atoms with Crippen LogP contribution in [0.15, 0.2) is 23.1 Å². The molecule has 1 aromatic heterocycles. The van der Waals surface area contributed by atoms with E-state index in [2.05, 4.69) is 10.3 Å². The summed E-state index contributed by atoms with van der Waals surface area (Å²) in [6.45, 7) is 3.28. The van der Waals surface area contributed by atoms with Gasteiger partial charge in [0.2, 0.25) is 15.9 Å². The van der Waals surface area contributed by atoms with E-state index in [1.807, 2.05) is 4.90 Å². The van der Waals surface area contributed by atoms with Crippen LogP contribution in [-0.4, -0.2) is 64.7 Å². The molecule has 0 aliphatic carbocycles. The Kier molecular flexibility index (Phi) is 4.66. The summed E-state index contributed by atoms with van der Waals surface area (Å²) in [5, 5.41) is 8.20. The van der Waals surface area contributed by atoms with Gasteiger partial charge in [-0.25, -0.2) is 13.1 Å². The van der Waals surface area contributed by atoms with Crippen LogP contribution in [0.1, 0.15) is 32.1 Å². The SMILES string of the molecule is O=C(CCn1nnc2cc(S(=O)(=O)N3CCCC3)ccc21)N1CCCC1.